The predicted octanol–water partition coefficient (Wildman–Crippen LogP) is -1.34. The molecular formula is C9H14BFN2O4. The van der Waals surface area contributed by atoms with E-state index >= 15 is 0 Å². The van der Waals surface area contributed by atoms with E-state index in [1.807, 2.05) is 0 Å². The molecule has 0 aromatic heterocycles. The molecule has 0 saturated heterocycles. The maximum atomic E-state index is 12.4. The van der Waals surface area contributed by atoms with E-state index in [1.165, 1.54) is 0 Å². The molecule has 0 aromatic carbocycles. The summed E-state index contributed by atoms with van der Waals surface area (Å²) in [6, 6.07) is 0. The van der Waals surface area contributed by atoms with Gasteiger partial charge in [0.25, 0.3) is 5.91 Å². The summed E-state index contributed by atoms with van der Waals surface area (Å²) >= 11 is 0. The molecule has 0 aliphatic rings. The molecule has 0 radical (unpaired) electrons. The van der Waals surface area contributed by atoms with E-state index in [9.17, 15) is 14.0 Å². The van der Waals surface area contributed by atoms with Gasteiger partial charge in [0, 0.05) is 5.57 Å². The first-order chi connectivity index (χ1) is 7.82. The van der Waals surface area contributed by atoms with Crippen molar-refractivity contribution in [2.45, 2.75) is 6.92 Å². The van der Waals surface area contributed by atoms with Gasteiger partial charge in [-0.05, 0) is 13.0 Å². The number of rotatable bonds is 6. The molecule has 0 aliphatic carbocycles. The van der Waals surface area contributed by atoms with Gasteiger partial charge in [0.05, 0.1) is 18.8 Å². The Balaban J connectivity index is 3.96. The third-order valence-electron chi connectivity index (χ3n) is 1.56. The monoisotopic (exact) mass is 244 g/mol. The van der Waals surface area contributed by atoms with Crippen molar-refractivity contribution >= 4 is 18.9 Å². The standard InChI is InChI=1S/C9H14BFN2O4/c1-6(3-7(2)11)9(15)12-4-8(14)13-5-10(16)17/h3,16-17H,1,4-5H2,2H3,(H,12,15)(H,13,14)/b7-3-. The van der Waals surface area contributed by atoms with E-state index in [4.69, 9.17) is 10.0 Å². The minimum atomic E-state index is -1.65. The summed E-state index contributed by atoms with van der Waals surface area (Å²) in [5.74, 6) is -1.85. The van der Waals surface area contributed by atoms with Crippen molar-refractivity contribution in [1.29, 1.82) is 0 Å². The lowest BCUT2D eigenvalue weighted by molar-refractivity contribution is -0.124. The lowest BCUT2D eigenvalue weighted by atomic mass is 9.93. The molecule has 4 N–H and O–H groups in total. The molecule has 0 heterocycles. The van der Waals surface area contributed by atoms with Gasteiger partial charge in [0.2, 0.25) is 5.91 Å². The summed E-state index contributed by atoms with van der Waals surface area (Å²) in [4.78, 5) is 22.2. The molecule has 6 nitrogen and oxygen atoms in total. The number of hydrogen-bond donors (Lipinski definition) is 4. The Morgan fingerprint density at radius 2 is 2.00 bits per heavy atom. The van der Waals surface area contributed by atoms with E-state index in [-0.39, 0.29) is 18.6 Å². The van der Waals surface area contributed by atoms with Gasteiger partial charge in [-0.1, -0.05) is 6.58 Å². The molecule has 0 saturated carbocycles. The summed E-state index contributed by atoms with van der Waals surface area (Å²) in [7, 11) is -1.65. The fourth-order valence-electron chi connectivity index (χ4n) is 0.847. The maximum Gasteiger partial charge on any atom is 0.472 e. The van der Waals surface area contributed by atoms with Crippen molar-refractivity contribution in [3.05, 3.63) is 24.1 Å². The van der Waals surface area contributed by atoms with Gasteiger partial charge in [-0.2, -0.15) is 0 Å². The topological polar surface area (TPSA) is 98.7 Å². The van der Waals surface area contributed by atoms with E-state index < -0.39 is 24.8 Å². The van der Waals surface area contributed by atoms with Gasteiger partial charge in [-0.25, -0.2) is 4.39 Å². The number of allylic oxidation sites excluding steroid dienone is 1. The Kier molecular flexibility index (Phi) is 6.84. The average Bonchev–Trinajstić information content (AvgIpc) is 2.21. The van der Waals surface area contributed by atoms with Crippen LogP contribution in [0.1, 0.15) is 6.92 Å². The Bertz CT molecular complexity index is 340. The molecule has 0 unspecified atom stereocenters. The molecule has 0 aromatic rings. The lowest BCUT2D eigenvalue weighted by Crippen LogP contribution is -2.41. The number of amides is 2. The summed E-state index contributed by atoms with van der Waals surface area (Å²) < 4.78 is 12.4. The Morgan fingerprint density at radius 1 is 1.41 bits per heavy atom. The third-order valence-corrected chi connectivity index (χ3v) is 1.56. The minimum absolute atomic E-state index is 0.111. The van der Waals surface area contributed by atoms with Gasteiger partial charge >= 0.3 is 7.12 Å². The molecule has 0 bridgehead atoms. The van der Waals surface area contributed by atoms with Crippen LogP contribution >= 0.6 is 0 Å². The van der Waals surface area contributed by atoms with Gasteiger partial charge < -0.3 is 20.7 Å². The first-order valence-electron chi connectivity index (χ1n) is 4.76. The average molecular weight is 244 g/mol. The second-order valence-corrected chi connectivity index (χ2v) is 3.22. The molecular weight excluding hydrogens is 230 g/mol. The van der Waals surface area contributed by atoms with Crippen LogP contribution in [0.25, 0.3) is 0 Å². The SMILES string of the molecule is C=C(/C=C(/C)F)C(=O)NCC(=O)NCB(O)O. The van der Waals surface area contributed by atoms with Crippen LogP contribution in [-0.4, -0.2) is 42.0 Å². The van der Waals surface area contributed by atoms with Crippen LogP contribution in [0.2, 0.25) is 0 Å². The largest absolute Gasteiger partial charge is 0.472 e. The molecule has 2 amide bonds. The Labute approximate surface area is 98.3 Å². The van der Waals surface area contributed by atoms with Crippen molar-refractivity contribution in [2.75, 3.05) is 13.0 Å². The first-order valence-corrected chi connectivity index (χ1v) is 4.76. The van der Waals surface area contributed by atoms with E-state index in [0.29, 0.717) is 0 Å². The fourth-order valence-corrected chi connectivity index (χ4v) is 0.847. The molecule has 8 heteroatoms. The second-order valence-electron chi connectivity index (χ2n) is 3.22. The highest BCUT2D eigenvalue weighted by atomic mass is 19.1. The minimum Gasteiger partial charge on any atom is -0.426 e. The highest BCUT2D eigenvalue weighted by Gasteiger charge is 2.11. The summed E-state index contributed by atoms with van der Waals surface area (Å²) in [5.41, 5.74) is -0.111. The van der Waals surface area contributed by atoms with Crippen LogP contribution in [0.5, 0.6) is 0 Å². The zero-order valence-corrected chi connectivity index (χ0v) is 9.36. The maximum absolute atomic E-state index is 12.4. The molecule has 0 atom stereocenters. The van der Waals surface area contributed by atoms with Crippen LogP contribution in [0, 0.1) is 0 Å². The zero-order chi connectivity index (χ0) is 13.4. The number of carbonyl (C=O) groups excluding carboxylic acids is 2. The van der Waals surface area contributed by atoms with Gasteiger partial charge in [-0.3, -0.25) is 9.59 Å². The van der Waals surface area contributed by atoms with Gasteiger partial charge in [0.1, 0.15) is 0 Å². The predicted molar refractivity (Wildman–Crippen MR) is 60.2 cm³/mol. The second kappa shape index (κ2) is 7.58. The van der Waals surface area contributed by atoms with Gasteiger partial charge in [-0.15, -0.1) is 0 Å². The van der Waals surface area contributed by atoms with Crippen molar-refractivity contribution < 1.29 is 24.0 Å². The van der Waals surface area contributed by atoms with Crippen molar-refractivity contribution in [3.8, 4) is 0 Å². The Morgan fingerprint density at radius 3 is 2.47 bits per heavy atom. The molecule has 0 spiro atoms. The molecule has 17 heavy (non-hydrogen) atoms. The summed E-state index contributed by atoms with van der Waals surface area (Å²) in [5, 5.41) is 21.2. The van der Waals surface area contributed by atoms with Crippen LogP contribution in [0.4, 0.5) is 4.39 Å². The number of carbonyl (C=O) groups is 2. The van der Waals surface area contributed by atoms with Crippen molar-refractivity contribution in [2.24, 2.45) is 0 Å². The molecule has 0 fully saturated rings. The van der Waals surface area contributed by atoms with E-state index in [1.54, 1.807) is 0 Å². The first kappa shape index (κ1) is 15.3. The van der Waals surface area contributed by atoms with Gasteiger partial charge in [0.15, 0.2) is 0 Å². The smallest absolute Gasteiger partial charge is 0.426 e. The number of hydrogen-bond acceptors (Lipinski definition) is 4. The quantitative estimate of drug-likeness (QED) is 0.264. The number of halogens is 1. The van der Waals surface area contributed by atoms with Crippen LogP contribution < -0.4 is 10.6 Å². The Hall–Kier alpha value is -1.67. The summed E-state index contributed by atoms with van der Waals surface area (Å²) in [6.07, 6.45) is 0.601. The molecule has 0 aliphatic heterocycles. The highest BCUT2D eigenvalue weighted by molar-refractivity contribution is 6.41. The van der Waals surface area contributed by atoms with Crippen molar-refractivity contribution in [1.82, 2.24) is 10.6 Å². The summed E-state index contributed by atoms with van der Waals surface area (Å²) in [6.45, 7) is 4.11. The number of nitrogens with one attached hydrogen (secondary N) is 2. The van der Waals surface area contributed by atoms with Crippen LogP contribution in [-0.2, 0) is 9.59 Å². The van der Waals surface area contributed by atoms with Crippen LogP contribution in [0.15, 0.2) is 24.1 Å². The normalized spacial score (nSPS) is 10.7. The highest BCUT2D eigenvalue weighted by Crippen LogP contribution is 2.00. The van der Waals surface area contributed by atoms with Crippen molar-refractivity contribution in [3.63, 3.8) is 0 Å². The van der Waals surface area contributed by atoms with E-state index in [2.05, 4.69) is 17.2 Å². The van der Waals surface area contributed by atoms with Crippen LogP contribution in [0.3, 0.4) is 0 Å². The zero-order valence-electron chi connectivity index (χ0n) is 9.36. The third kappa shape index (κ3) is 8.17. The molecule has 0 rings (SSSR count). The van der Waals surface area contributed by atoms with E-state index in [0.717, 1.165) is 13.0 Å². The lowest BCUT2D eigenvalue weighted by Gasteiger charge is -2.06. The molecule has 94 valence electrons. The fraction of sp³-hybridized carbons (Fsp3) is 0.333.